The van der Waals surface area contributed by atoms with Crippen LogP contribution in [0.5, 0.6) is 0 Å². The fraction of sp³-hybridized carbons (Fsp3) is 0.125. The van der Waals surface area contributed by atoms with Gasteiger partial charge in [0.05, 0.1) is 16.1 Å². The van der Waals surface area contributed by atoms with Crippen LogP contribution in [0.4, 0.5) is 13.2 Å². The van der Waals surface area contributed by atoms with E-state index in [1.165, 1.54) is 12.1 Å². The van der Waals surface area contributed by atoms with Crippen molar-refractivity contribution in [2.24, 2.45) is 0 Å². The molecule has 0 atom stereocenters. The number of nitrogens with zero attached hydrogens (tertiary/aromatic N) is 3. The maximum Gasteiger partial charge on any atom is 0.444 e. The minimum atomic E-state index is -4.61. The second kappa shape index (κ2) is 7.23. The largest absolute Gasteiger partial charge is 0.444 e. The van der Waals surface area contributed by atoms with Crippen LogP contribution in [0, 0.1) is 0 Å². The van der Waals surface area contributed by atoms with Crippen LogP contribution in [0.15, 0.2) is 51.9 Å². The molecule has 0 aliphatic rings. The first-order valence-electron chi connectivity index (χ1n) is 7.29. The van der Waals surface area contributed by atoms with Crippen molar-refractivity contribution in [1.29, 1.82) is 0 Å². The summed E-state index contributed by atoms with van der Waals surface area (Å²) < 4.78 is 48.7. The van der Waals surface area contributed by atoms with E-state index in [4.69, 9.17) is 16.3 Å². The minimum absolute atomic E-state index is 0.0578. The van der Waals surface area contributed by atoms with Gasteiger partial charge in [-0.15, -0.1) is 0 Å². The van der Waals surface area contributed by atoms with E-state index in [1.54, 1.807) is 12.1 Å². The van der Waals surface area contributed by atoms with Crippen molar-refractivity contribution in [3.05, 3.63) is 69.3 Å². The number of aromatic nitrogens is 3. The second-order valence-electron chi connectivity index (χ2n) is 5.17. The van der Waals surface area contributed by atoms with Crippen LogP contribution in [0.3, 0.4) is 0 Å². The first kappa shape index (κ1) is 18.6. The van der Waals surface area contributed by atoms with Gasteiger partial charge in [0, 0.05) is 6.20 Å². The number of hydrogen-bond donors (Lipinski definition) is 0. The predicted molar refractivity (Wildman–Crippen MR) is 85.9 cm³/mol. The number of carbonyl (C=O) groups excluding carboxylic acids is 1. The smallest absolute Gasteiger partial charge is 0.440 e. The van der Waals surface area contributed by atoms with Crippen LogP contribution in [-0.2, 0) is 17.6 Å². The quantitative estimate of drug-likeness (QED) is 0.625. The van der Waals surface area contributed by atoms with Gasteiger partial charge in [-0.3, -0.25) is 9.51 Å². The third-order valence-electron chi connectivity index (χ3n) is 3.42. The molecule has 140 valence electrons. The van der Waals surface area contributed by atoms with Crippen molar-refractivity contribution in [2.45, 2.75) is 12.9 Å². The summed E-state index contributed by atoms with van der Waals surface area (Å²) in [5.41, 5.74) is -1.20. The molecule has 27 heavy (non-hydrogen) atoms. The van der Waals surface area contributed by atoms with Gasteiger partial charge in [-0.25, -0.2) is 14.2 Å². The Hall–Kier alpha value is -3.14. The van der Waals surface area contributed by atoms with Gasteiger partial charge in [0.15, 0.2) is 6.73 Å². The van der Waals surface area contributed by atoms with Crippen LogP contribution in [-0.4, -0.2) is 20.7 Å². The SMILES string of the molecule is O=C(OCn1c(-c2cc(C(F)(F)F)ccn2)noc1=O)c1ccccc1Cl. The molecule has 2 heterocycles. The summed E-state index contributed by atoms with van der Waals surface area (Å²) in [5, 5.41) is 3.54. The number of rotatable bonds is 4. The first-order valence-corrected chi connectivity index (χ1v) is 7.67. The van der Waals surface area contributed by atoms with Crippen molar-refractivity contribution in [3.8, 4) is 11.5 Å². The normalized spacial score (nSPS) is 11.4. The van der Waals surface area contributed by atoms with Crippen LogP contribution >= 0.6 is 11.6 Å². The van der Waals surface area contributed by atoms with Crippen molar-refractivity contribution in [2.75, 3.05) is 0 Å². The van der Waals surface area contributed by atoms with Gasteiger partial charge < -0.3 is 4.74 Å². The Labute approximate surface area is 153 Å². The number of hydrogen-bond acceptors (Lipinski definition) is 6. The van der Waals surface area contributed by atoms with Gasteiger partial charge in [-0.1, -0.05) is 28.9 Å². The molecule has 7 nitrogen and oxygen atoms in total. The standard InChI is InChI=1S/C16H9ClF3N3O4/c17-11-4-2-1-3-10(11)14(24)26-8-23-13(22-27-15(23)25)12-7-9(5-6-21-12)16(18,19)20/h1-7H,8H2. The molecule has 1 aromatic carbocycles. The van der Waals surface area contributed by atoms with Crippen molar-refractivity contribution >= 4 is 17.6 Å². The van der Waals surface area contributed by atoms with Gasteiger partial charge in [0.1, 0.15) is 5.69 Å². The lowest BCUT2D eigenvalue weighted by Crippen LogP contribution is -2.20. The van der Waals surface area contributed by atoms with E-state index in [0.717, 1.165) is 16.8 Å². The minimum Gasteiger partial charge on any atom is -0.440 e. The molecule has 0 aliphatic carbocycles. The maximum absolute atomic E-state index is 12.8. The molecule has 0 bridgehead atoms. The topological polar surface area (TPSA) is 87.2 Å². The zero-order chi connectivity index (χ0) is 19.6. The Morgan fingerprint density at radius 1 is 1.26 bits per heavy atom. The summed E-state index contributed by atoms with van der Waals surface area (Å²) in [6.45, 7) is -0.653. The molecule has 0 radical (unpaired) electrons. The molecule has 0 saturated carbocycles. The summed E-state index contributed by atoms with van der Waals surface area (Å²) in [6.07, 6.45) is -3.69. The van der Waals surface area contributed by atoms with E-state index >= 15 is 0 Å². The monoisotopic (exact) mass is 399 g/mol. The number of esters is 1. The van der Waals surface area contributed by atoms with Gasteiger partial charge in [0.2, 0.25) is 5.82 Å². The lowest BCUT2D eigenvalue weighted by atomic mass is 10.2. The number of alkyl halides is 3. The Bertz CT molecular complexity index is 1050. The molecule has 3 rings (SSSR count). The Balaban J connectivity index is 1.87. The number of ether oxygens (including phenoxy) is 1. The molecule has 0 amide bonds. The molecule has 0 unspecified atom stereocenters. The van der Waals surface area contributed by atoms with Crippen molar-refractivity contribution in [1.82, 2.24) is 14.7 Å². The molecule has 0 fully saturated rings. The molecule has 0 spiro atoms. The molecule has 2 aromatic heterocycles. The van der Waals surface area contributed by atoms with E-state index in [2.05, 4.69) is 14.7 Å². The number of benzene rings is 1. The summed E-state index contributed by atoms with van der Waals surface area (Å²) in [5.74, 6) is -2.19. The van der Waals surface area contributed by atoms with Crippen molar-refractivity contribution in [3.63, 3.8) is 0 Å². The van der Waals surface area contributed by atoms with Crippen LogP contribution in [0.25, 0.3) is 11.5 Å². The third kappa shape index (κ3) is 4.00. The third-order valence-corrected chi connectivity index (χ3v) is 3.75. The lowest BCUT2D eigenvalue weighted by Gasteiger charge is -2.09. The number of halogens is 4. The molecular formula is C16H9ClF3N3O4. The van der Waals surface area contributed by atoms with E-state index < -0.39 is 30.2 Å². The summed E-state index contributed by atoms with van der Waals surface area (Å²) in [4.78, 5) is 27.6. The van der Waals surface area contributed by atoms with Crippen LogP contribution in [0.2, 0.25) is 5.02 Å². The van der Waals surface area contributed by atoms with E-state index in [0.29, 0.717) is 6.07 Å². The average Bonchev–Trinajstić information content (AvgIpc) is 3.00. The summed E-state index contributed by atoms with van der Waals surface area (Å²) in [6, 6.07) is 7.53. The van der Waals surface area contributed by atoms with Gasteiger partial charge in [0.25, 0.3) is 0 Å². The Morgan fingerprint density at radius 2 is 2.00 bits per heavy atom. The highest BCUT2D eigenvalue weighted by Gasteiger charge is 2.31. The fourth-order valence-corrected chi connectivity index (χ4v) is 2.34. The average molecular weight is 400 g/mol. The van der Waals surface area contributed by atoms with E-state index in [1.807, 2.05) is 0 Å². The van der Waals surface area contributed by atoms with Crippen LogP contribution in [0.1, 0.15) is 15.9 Å². The summed E-state index contributed by atoms with van der Waals surface area (Å²) in [7, 11) is 0. The van der Waals surface area contributed by atoms with Gasteiger partial charge in [-0.05, 0) is 24.3 Å². The Kier molecular flexibility index (Phi) is 5.00. The highest BCUT2D eigenvalue weighted by Crippen LogP contribution is 2.30. The molecular weight excluding hydrogens is 391 g/mol. The van der Waals surface area contributed by atoms with Crippen LogP contribution < -0.4 is 5.76 Å². The van der Waals surface area contributed by atoms with E-state index in [9.17, 15) is 22.8 Å². The predicted octanol–water partition coefficient (Wildman–Crippen LogP) is 3.39. The first-order chi connectivity index (χ1) is 12.8. The lowest BCUT2D eigenvalue weighted by molar-refractivity contribution is -0.137. The maximum atomic E-state index is 12.8. The van der Waals surface area contributed by atoms with E-state index in [-0.39, 0.29) is 22.1 Å². The Morgan fingerprint density at radius 3 is 2.70 bits per heavy atom. The number of carbonyl (C=O) groups is 1. The van der Waals surface area contributed by atoms with Crippen molar-refractivity contribution < 1.29 is 27.2 Å². The molecule has 11 heteroatoms. The highest BCUT2D eigenvalue weighted by atomic mass is 35.5. The zero-order valence-electron chi connectivity index (χ0n) is 13.2. The molecule has 0 saturated heterocycles. The molecule has 0 N–H and O–H groups in total. The zero-order valence-corrected chi connectivity index (χ0v) is 14.0. The second-order valence-corrected chi connectivity index (χ2v) is 5.58. The summed E-state index contributed by atoms with van der Waals surface area (Å²) >= 11 is 5.88. The van der Waals surface area contributed by atoms with Gasteiger partial charge >= 0.3 is 17.9 Å². The van der Waals surface area contributed by atoms with Gasteiger partial charge in [-0.2, -0.15) is 13.2 Å². The molecule has 0 aliphatic heterocycles. The molecule has 3 aromatic rings. The highest BCUT2D eigenvalue weighted by molar-refractivity contribution is 6.33. The number of pyridine rings is 1. The fourth-order valence-electron chi connectivity index (χ4n) is 2.12.